The molecule has 6 unspecified atom stereocenters. The molecule has 2 bridgehead atoms. The topological polar surface area (TPSA) is 92.4 Å². The number of rotatable bonds is 1. The molecule has 5 rings (SSSR count). The van der Waals surface area contributed by atoms with Crippen molar-refractivity contribution < 1.29 is 27.4 Å². The summed E-state index contributed by atoms with van der Waals surface area (Å²) in [7, 11) is 0. The molecule has 1 aromatic rings. The fourth-order valence-electron chi connectivity index (χ4n) is 6.18. The number of amides is 1. The molecule has 208 valence electrons. The van der Waals surface area contributed by atoms with Crippen molar-refractivity contribution in [3.05, 3.63) is 42.0 Å². The summed E-state index contributed by atoms with van der Waals surface area (Å²) in [6.07, 6.45) is 0.960. The number of fused-ring (bicyclic) bond motifs is 5. The van der Waals surface area contributed by atoms with E-state index in [1.54, 1.807) is 0 Å². The Bertz CT molecular complexity index is 1050. The Hall–Kier alpha value is -2.63. The maximum Gasteiger partial charge on any atom is 0.392 e. The first-order valence-corrected chi connectivity index (χ1v) is 13.4. The number of primary amides is 1. The van der Waals surface area contributed by atoms with Crippen LogP contribution in [0.4, 0.5) is 18.9 Å². The number of benzene rings is 1. The van der Waals surface area contributed by atoms with E-state index in [4.69, 9.17) is 20.2 Å². The van der Waals surface area contributed by atoms with Crippen molar-refractivity contribution in [2.75, 3.05) is 32.9 Å². The second-order valence-electron chi connectivity index (χ2n) is 10.6. The Morgan fingerprint density at radius 3 is 2.82 bits per heavy atom. The van der Waals surface area contributed by atoms with Crippen molar-refractivity contribution in [3.63, 3.8) is 0 Å². The SMILES string of the molecule is NC(=O)C1CC2CN1CCNCOC1CCC(C(F)(F)F)C1CC/C=C\CN1Cc3ccccc3N=C1O2. The maximum atomic E-state index is 13.7. The summed E-state index contributed by atoms with van der Waals surface area (Å²) in [5, 5.41) is 3.17. The zero-order valence-corrected chi connectivity index (χ0v) is 21.4. The van der Waals surface area contributed by atoms with Crippen molar-refractivity contribution in [1.29, 1.82) is 0 Å². The summed E-state index contributed by atoms with van der Waals surface area (Å²) in [5.41, 5.74) is 7.62. The summed E-state index contributed by atoms with van der Waals surface area (Å²) < 4.78 is 53.4. The van der Waals surface area contributed by atoms with E-state index in [1.807, 2.05) is 46.2 Å². The smallest absolute Gasteiger partial charge is 0.392 e. The summed E-state index contributed by atoms with van der Waals surface area (Å²) in [5.74, 6) is -2.31. The number of carbonyl (C=O) groups is 1. The summed E-state index contributed by atoms with van der Waals surface area (Å²) in [4.78, 5) is 20.9. The van der Waals surface area contributed by atoms with E-state index in [1.165, 1.54) is 0 Å². The molecule has 11 heteroatoms. The fourth-order valence-corrected chi connectivity index (χ4v) is 6.18. The van der Waals surface area contributed by atoms with Crippen LogP contribution in [0.3, 0.4) is 0 Å². The molecule has 38 heavy (non-hydrogen) atoms. The molecular formula is C27H36F3N5O3. The second kappa shape index (κ2) is 11.6. The summed E-state index contributed by atoms with van der Waals surface area (Å²) in [6.45, 7) is 2.87. The number of alkyl halides is 3. The molecule has 1 amide bonds. The minimum Gasteiger partial charge on any atom is -0.460 e. The zero-order chi connectivity index (χ0) is 26.7. The first kappa shape index (κ1) is 27.0. The van der Waals surface area contributed by atoms with Gasteiger partial charge in [-0.1, -0.05) is 30.4 Å². The lowest BCUT2D eigenvalue weighted by atomic mass is 9.89. The van der Waals surface area contributed by atoms with Gasteiger partial charge in [0.25, 0.3) is 6.02 Å². The van der Waals surface area contributed by atoms with E-state index >= 15 is 0 Å². The van der Waals surface area contributed by atoms with Crippen molar-refractivity contribution in [1.82, 2.24) is 15.1 Å². The van der Waals surface area contributed by atoms with Crippen LogP contribution in [0.5, 0.6) is 0 Å². The van der Waals surface area contributed by atoms with Crippen LogP contribution in [0.25, 0.3) is 0 Å². The molecule has 1 aliphatic carbocycles. The number of amidine groups is 1. The van der Waals surface area contributed by atoms with E-state index in [0.29, 0.717) is 64.4 Å². The van der Waals surface area contributed by atoms with Gasteiger partial charge in [0, 0.05) is 39.1 Å². The third kappa shape index (κ3) is 6.16. The molecule has 4 aliphatic rings. The Labute approximate surface area is 221 Å². The van der Waals surface area contributed by atoms with Gasteiger partial charge in [0.2, 0.25) is 5.91 Å². The molecule has 0 aromatic heterocycles. The van der Waals surface area contributed by atoms with Crippen molar-refractivity contribution in [3.8, 4) is 0 Å². The number of ether oxygens (including phenoxy) is 2. The summed E-state index contributed by atoms with van der Waals surface area (Å²) in [6, 6.07) is 7.90. The monoisotopic (exact) mass is 535 g/mol. The van der Waals surface area contributed by atoms with Gasteiger partial charge in [0.05, 0.1) is 30.5 Å². The minimum atomic E-state index is -4.23. The van der Waals surface area contributed by atoms with Crippen LogP contribution in [-0.2, 0) is 20.8 Å². The van der Waals surface area contributed by atoms with Crippen LogP contribution in [0.1, 0.15) is 37.7 Å². The molecule has 8 nitrogen and oxygen atoms in total. The molecule has 6 atom stereocenters. The van der Waals surface area contributed by atoms with Crippen LogP contribution >= 0.6 is 0 Å². The van der Waals surface area contributed by atoms with Crippen LogP contribution in [0, 0.1) is 11.8 Å². The molecule has 3 heterocycles. The van der Waals surface area contributed by atoms with Crippen LogP contribution < -0.4 is 11.1 Å². The number of para-hydroxylation sites is 1. The van der Waals surface area contributed by atoms with E-state index < -0.39 is 36.1 Å². The first-order valence-electron chi connectivity index (χ1n) is 13.4. The second-order valence-corrected chi connectivity index (χ2v) is 10.6. The molecule has 1 aromatic carbocycles. The van der Waals surface area contributed by atoms with Crippen LogP contribution in [0.15, 0.2) is 41.4 Å². The predicted octanol–water partition coefficient (Wildman–Crippen LogP) is 3.31. The normalized spacial score (nSPS) is 33.6. The number of hydrogen-bond donors (Lipinski definition) is 2. The van der Waals surface area contributed by atoms with Crippen molar-refractivity contribution >= 4 is 17.6 Å². The number of hydrogen-bond acceptors (Lipinski definition) is 7. The first-order chi connectivity index (χ1) is 18.3. The Balaban J connectivity index is 1.35. The van der Waals surface area contributed by atoms with Gasteiger partial charge in [-0.3, -0.25) is 15.0 Å². The lowest BCUT2D eigenvalue weighted by Gasteiger charge is -2.30. The minimum absolute atomic E-state index is 0.0996. The van der Waals surface area contributed by atoms with E-state index in [0.717, 1.165) is 11.3 Å². The van der Waals surface area contributed by atoms with Gasteiger partial charge in [0.15, 0.2) is 0 Å². The number of nitrogens with one attached hydrogen (secondary N) is 1. The predicted molar refractivity (Wildman–Crippen MR) is 136 cm³/mol. The van der Waals surface area contributed by atoms with Gasteiger partial charge in [-0.15, -0.1) is 0 Å². The van der Waals surface area contributed by atoms with Gasteiger partial charge >= 0.3 is 6.18 Å². The highest BCUT2D eigenvalue weighted by Crippen LogP contribution is 2.46. The van der Waals surface area contributed by atoms with Gasteiger partial charge < -0.3 is 20.1 Å². The van der Waals surface area contributed by atoms with Gasteiger partial charge in [0.1, 0.15) is 6.10 Å². The van der Waals surface area contributed by atoms with Gasteiger partial charge in [-0.2, -0.15) is 18.2 Å². The highest BCUT2D eigenvalue weighted by molar-refractivity contribution is 5.82. The number of carbonyl (C=O) groups excluding carboxylic acids is 1. The Morgan fingerprint density at radius 2 is 2.00 bits per heavy atom. The van der Waals surface area contributed by atoms with E-state index in [9.17, 15) is 18.0 Å². The number of nitrogens with two attached hydrogens (primary N) is 1. The lowest BCUT2D eigenvalue weighted by molar-refractivity contribution is -0.189. The van der Waals surface area contributed by atoms with E-state index in [-0.39, 0.29) is 19.3 Å². The number of aliphatic imine (C=N–C) groups is 1. The van der Waals surface area contributed by atoms with Crippen LogP contribution in [-0.4, -0.2) is 79.1 Å². The van der Waals surface area contributed by atoms with E-state index in [2.05, 4.69) is 5.32 Å². The van der Waals surface area contributed by atoms with Crippen molar-refractivity contribution in [2.45, 2.75) is 63.1 Å². The molecule has 0 radical (unpaired) electrons. The highest BCUT2D eigenvalue weighted by Gasteiger charge is 2.50. The number of allylic oxidation sites excluding steroid dienone is 1. The molecule has 2 fully saturated rings. The molecule has 3 aliphatic heterocycles. The molecule has 1 saturated carbocycles. The Morgan fingerprint density at radius 1 is 1.16 bits per heavy atom. The molecule has 1 saturated heterocycles. The third-order valence-electron chi connectivity index (χ3n) is 8.12. The maximum absolute atomic E-state index is 13.7. The Kier molecular flexibility index (Phi) is 8.25. The number of nitrogens with zero attached hydrogens (tertiary/aromatic N) is 3. The molecule has 0 spiro atoms. The third-order valence-corrected chi connectivity index (χ3v) is 8.12. The number of halogens is 3. The fraction of sp³-hybridized carbons (Fsp3) is 0.630. The standard InChI is InChI=1S/C27H36F3N5O3/c28-27(29,30)21-9-10-24-20(21)7-2-1-5-12-35-15-18-6-3-4-8-22(18)33-26(35)38-19-14-23(25(31)36)34(16-19)13-11-32-17-37-24/h1,3-6,8,19-21,23-24,32H,2,7,9-17H2,(H2,31,36)/b5-1-. The largest absolute Gasteiger partial charge is 0.460 e. The molecule has 3 N–H and O–H groups in total. The quantitative estimate of drug-likeness (QED) is 0.537. The zero-order valence-electron chi connectivity index (χ0n) is 21.4. The molecular weight excluding hydrogens is 499 g/mol. The highest BCUT2D eigenvalue weighted by atomic mass is 19.4. The van der Waals surface area contributed by atoms with Crippen LogP contribution in [0.2, 0.25) is 0 Å². The average Bonchev–Trinajstić information content (AvgIpc) is 3.47. The van der Waals surface area contributed by atoms with Gasteiger partial charge in [-0.05, 0) is 43.2 Å². The lowest BCUT2D eigenvalue weighted by Crippen LogP contribution is -2.43. The van der Waals surface area contributed by atoms with Gasteiger partial charge in [-0.25, -0.2) is 0 Å². The summed E-state index contributed by atoms with van der Waals surface area (Å²) >= 11 is 0. The average molecular weight is 536 g/mol. The van der Waals surface area contributed by atoms with Crippen molar-refractivity contribution in [2.24, 2.45) is 22.6 Å².